The van der Waals surface area contributed by atoms with Crippen molar-refractivity contribution in [2.45, 2.75) is 13.8 Å². The van der Waals surface area contributed by atoms with Crippen LogP contribution >= 0.6 is 0 Å². The van der Waals surface area contributed by atoms with Gasteiger partial charge in [0.15, 0.2) is 0 Å². The molecular weight excluding hydrogens is 276 g/mol. The molecule has 22 heavy (non-hydrogen) atoms. The Kier molecular flexibility index (Phi) is 2.82. The summed E-state index contributed by atoms with van der Waals surface area (Å²) in [5.74, 6) is 1.83. The van der Waals surface area contributed by atoms with Crippen LogP contribution in [-0.2, 0) is 0 Å². The first kappa shape index (κ1) is 12.8. The Morgan fingerprint density at radius 2 is 1.68 bits per heavy atom. The second-order valence-corrected chi connectivity index (χ2v) is 5.27. The summed E-state index contributed by atoms with van der Waals surface area (Å²) in [6, 6.07) is 15.6. The van der Waals surface area contributed by atoms with Gasteiger partial charge in [0.2, 0.25) is 5.58 Å². The number of hydrogen-bond donors (Lipinski definition) is 0. The van der Waals surface area contributed by atoms with Crippen LogP contribution in [0.1, 0.15) is 11.4 Å². The van der Waals surface area contributed by atoms with Gasteiger partial charge in [-0.05, 0) is 38.1 Å². The molecule has 0 aliphatic carbocycles. The van der Waals surface area contributed by atoms with E-state index in [1.165, 1.54) is 5.56 Å². The number of aromatic nitrogens is 2. The van der Waals surface area contributed by atoms with Gasteiger partial charge in [-0.25, -0.2) is 4.98 Å². The van der Waals surface area contributed by atoms with Crippen LogP contribution in [0.25, 0.3) is 22.1 Å². The molecule has 0 spiro atoms. The predicted octanol–water partition coefficient (Wildman–Crippen LogP) is 4.79. The van der Waals surface area contributed by atoms with Crippen molar-refractivity contribution < 1.29 is 9.15 Å². The summed E-state index contributed by atoms with van der Waals surface area (Å²) in [4.78, 5) is 8.88. The van der Waals surface area contributed by atoms with E-state index in [2.05, 4.69) is 9.97 Å². The quantitative estimate of drug-likeness (QED) is 0.533. The van der Waals surface area contributed by atoms with Gasteiger partial charge >= 0.3 is 0 Å². The number of para-hydroxylation sites is 1. The number of hydrogen-bond acceptors (Lipinski definition) is 4. The van der Waals surface area contributed by atoms with E-state index in [-0.39, 0.29) is 0 Å². The van der Waals surface area contributed by atoms with E-state index in [9.17, 15) is 0 Å². The van der Waals surface area contributed by atoms with Crippen LogP contribution in [0.4, 0.5) is 0 Å². The zero-order valence-corrected chi connectivity index (χ0v) is 12.3. The van der Waals surface area contributed by atoms with Crippen LogP contribution in [0.15, 0.2) is 52.9 Å². The Labute approximate surface area is 127 Å². The average molecular weight is 290 g/mol. The average Bonchev–Trinajstić information content (AvgIpc) is 2.89. The van der Waals surface area contributed by atoms with Gasteiger partial charge in [-0.2, -0.15) is 4.98 Å². The van der Waals surface area contributed by atoms with Gasteiger partial charge in [-0.1, -0.05) is 29.8 Å². The van der Waals surface area contributed by atoms with E-state index >= 15 is 0 Å². The normalized spacial score (nSPS) is 11.2. The third kappa shape index (κ3) is 2.09. The first-order valence-electron chi connectivity index (χ1n) is 7.11. The Balaban J connectivity index is 1.91. The fourth-order valence-corrected chi connectivity index (χ4v) is 2.46. The minimum absolute atomic E-state index is 0.447. The van der Waals surface area contributed by atoms with E-state index < -0.39 is 0 Å². The Bertz CT molecular complexity index is 972. The number of nitrogens with zero attached hydrogens (tertiary/aromatic N) is 2. The number of fused-ring (bicyclic) bond motifs is 3. The molecule has 0 aliphatic rings. The lowest BCUT2D eigenvalue weighted by atomic mass is 10.2. The minimum atomic E-state index is 0.447. The predicted molar refractivity (Wildman–Crippen MR) is 85.3 cm³/mol. The Morgan fingerprint density at radius 3 is 2.50 bits per heavy atom. The molecule has 4 rings (SSSR count). The monoisotopic (exact) mass is 290 g/mol. The number of ether oxygens (including phenoxy) is 1. The van der Waals surface area contributed by atoms with E-state index in [4.69, 9.17) is 9.15 Å². The fourth-order valence-electron chi connectivity index (χ4n) is 2.46. The molecule has 0 bridgehead atoms. The SMILES string of the molecule is Cc1ccc(Oc2nc(C)nc3c2oc2ccccc23)cc1. The Morgan fingerprint density at radius 1 is 0.909 bits per heavy atom. The van der Waals surface area contributed by atoms with E-state index in [0.29, 0.717) is 17.3 Å². The standard InChI is InChI=1S/C18H14N2O2/c1-11-7-9-13(10-8-11)21-18-17-16(19-12(2)20-18)14-5-3-4-6-15(14)22-17/h3-10H,1-2H3. The summed E-state index contributed by atoms with van der Waals surface area (Å²) < 4.78 is 11.8. The summed E-state index contributed by atoms with van der Waals surface area (Å²) in [6.45, 7) is 3.89. The maximum atomic E-state index is 5.91. The molecule has 2 heterocycles. The van der Waals surface area contributed by atoms with Crippen molar-refractivity contribution in [2.75, 3.05) is 0 Å². The van der Waals surface area contributed by atoms with Crippen molar-refractivity contribution in [3.05, 3.63) is 59.9 Å². The lowest BCUT2D eigenvalue weighted by molar-refractivity contribution is 0.454. The molecule has 4 nitrogen and oxygen atoms in total. The summed E-state index contributed by atoms with van der Waals surface area (Å²) in [5.41, 5.74) is 3.32. The van der Waals surface area contributed by atoms with E-state index in [1.54, 1.807) is 0 Å². The van der Waals surface area contributed by atoms with Crippen molar-refractivity contribution in [3.63, 3.8) is 0 Å². The van der Waals surface area contributed by atoms with Gasteiger partial charge in [0.05, 0.1) is 0 Å². The van der Waals surface area contributed by atoms with Gasteiger partial charge in [0.25, 0.3) is 5.88 Å². The van der Waals surface area contributed by atoms with Crippen LogP contribution in [0.2, 0.25) is 0 Å². The lowest BCUT2D eigenvalue weighted by Gasteiger charge is -2.06. The smallest absolute Gasteiger partial charge is 0.267 e. The molecule has 0 atom stereocenters. The second-order valence-electron chi connectivity index (χ2n) is 5.27. The van der Waals surface area contributed by atoms with Crippen LogP contribution in [-0.4, -0.2) is 9.97 Å². The maximum absolute atomic E-state index is 5.91. The summed E-state index contributed by atoms with van der Waals surface area (Å²) in [6.07, 6.45) is 0. The summed E-state index contributed by atoms with van der Waals surface area (Å²) in [7, 11) is 0. The molecular formula is C18H14N2O2. The van der Waals surface area contributed by atoms with Gasteiger partial charge < -0.3 is 9.15 Å². The highest BCUT2D eigenvalue weighted by Crippen LogP contribution is 2.34. The number of furan rings is 1. The molecule has 2 aromatic heterocycles. The first-order valence-corrected chi connectivity index (χ1v) is 7.11. The molecule has 0 fully saturated rings. The minimum Gasteiger partial charge on any atom is -0.449 e. The van der Waals surface area contributed by atoms with Gasteiger partial charge in [0, 0.05) is 5.39 Å². The van der Waals surface area contributed by atoms with Crippen molar-refractivity contribution in [1.29, 1.82) is 0 Å². The molecule has 4 aromatic rings. The lowest BCUT2D eigenvalue weighted by Crippen LogP contribution is -1.93. The molecule has 0 saturated heterocycles. The van der Waals surface area contributed by atoms with Crippen LogP contribution in [0, 0.1) is 13.8 Å². The second kappa shape index (κ2) is 4.84. The topological polar surface area (TPSA) is 48.2 Å². The first-order chi connectivity index (χ1) is 10.7. The molecule has 0 radical (unpaired) electrons. The largest absolute Gasteiger partial charge is 0.449 e. The molecule has 0 unspecified atom stereocenters. The summed E-state index contributed by atoms with van der Waals surface area (Å²) in [5, 5.41) is 0.969. The number of aryl methyl sites for hydroxylation is 2. The molecule has 0 saturated carbocycles. The van der Waals surface area contributed by atoms with E-state index in [1.807, 2.05) is 62.4 Å². The number of rotatable bonds is 2. The van der Waals surface area contributed by atoms with Gasteiger partial charge in [-0.15, -0.1) is 0 Å². The molecule has 0 amide bonds. The van der Waals surface area contributed by atoms with Crippen molar-refractivity contribution in [2.24, 2.45) is 0 Å². The number of benzene rings is 2. The summed E-state index contributed by atoms with van der Waals surface area (Å²) >= 11 is 0. The molecule has 2 aromatic carbocycles. The van der Waals surface area contributed by atoms with Crippen LogP contribution < -0.4 is 4.74 Å². The van der Waals surface area contributed by atoms with Crippen molar-refractivity contribution in [1.82, 2.24) is 9.97 Å². The third-order valence-corrected chi connectivity index (χ3v) is 3.54. The third-order valence-electron chi connectivity index (χ3n) is 3.54. The maximum Gasteiger partial charge on any atom is 0.267 e. The van der Waals surface area contributed by atoms with Crippen molar-refractivity contribution in [3.8, 4) is 11.6 Å². The fraction of sp³-hybridized carbons (Fsp3) is 0.111. The van der Waals surface area contributed by atoms with Crippen LogP contribution in [0.5, 0.6) is 11.6 Å². The molecule has 0 N–H and O–H groups in total. The molecule has 0 aliphatic heterocycles. The van der Waals surface area contributed by atoms with Crippen LogP contribution in [0.3, 0.4) is 0 Å². The molecule has 4 heteroatoms. The van der Waals surface area contributed by atoms with E-state index in [0.717, 1.165) is 22.2 Å². The highest BCUT2D eigenvalue weighted by molar-refractivity contribution is 6.03. The Hall–Kier alpha value is -2.88. The van der Waals surface area contributed by atoms with Crippen molar-refractivity contribution >= 4 is 22.1 Å². The zero-order chi connectivity index (χ0) is 15.1. The highest BCUT2D eigenvalue weighted by Gasteiger charge is 2.16. The zero-order valence-electron chi connectivity index (χ0n) is 12.3. The molecule has 108 valence electrons. The highest BCUT2D eigenvalue weighted by atomic mass is 16.5. The van der Waals surface area contributed by atoms with Gasteiger partial charge in [0.1, 0.15) is 22.7 Å². The van der Waals surface area contributed by atoms with Gasteiger partial charge in [-0.3, -0.25) is 0 Å².